The van der Waals surface area contributed by atoms with Crippen LogP contribution in [0.15, 0.2) is 6.33 Å². The Labute approximate surface area is 69.3 Å². The van der Waals surface area contributed by atoms with E-state index in [4.69, 9.17) is 5.73 Å². The Morgan fingerprint density at radius 2 is 2.50 bits per heavy atom. The number of esters is 1. The molecule has 1 rings (SSSR count). The molecule has 0 amide bonds. The van der Waals surface area contributed by atoms with E-state index in [0.717, 1.165) is 0 Å². The summed E-state index contributed by atoms with van der Waals surface area (Å²) in [5.41, 5.74) is 5.26. The molecule has 0 saturated carbocycles. The first-order chi connectivity index (χ1) is 5.65. The van der Waals surface area contributed by atoms with Gasteiger partial charge in [0.15, 0.2) is 0 Å². The zero-order chi connectivity index (χ0) is 9.14. The van der Waals surface area contributed by atoms with Crippen molar-refractivity contribution >= 4 is 11.9 Å². The van der Waals surface area contributed by atoms with Crippen molar-refractivity contribution in [3.63, 3.8) is 0 Å². The minimum atomic E-state index is -0.486. The number of methoxy groups -OCH3 is 1. The number of nitrogens with two attached hydrogens (primary N) is 1. The Morgan fingerprint density at radius 1 is 1.83 bits per heavy atom. The summed E-state index contributed by atoms with van der Waals surface area (Å²) in [7, 11) is 1.32. The highest BCUT2D eigenvalue weighted by molar-refractivity contribution is 5.73. The molecule has 0 aliphatic carbocycles. The van der Waals surface area contributed by atoms with Crippen molar-refractivity contribution in [1.82, 2.24) is 14.8 Å². The highest BCUT2D eigenvalue weighted by atomic mass is 16.5. The van der Waals surface area contributed by atoms with Crippen LogP contribution < -0.4 is 5.73 Å². The van der Waals surface area contributed by atoms with Gasteiger partial charge in [0.25, 0.3) is 0 Å². The third kappa shape index (κ3) is 1.52. The van der Waals surface area contributed by atoms with Crippen molar-refractivity contribution in [2.24, 2.45) is 0 Å². The molecule has 1 aromatic rings. The molecular weight excluding hydrogens is 160 g/mol. The number of nitrogen functional groups attached to an aromatic ring is 1. The van der Waals surface area contributed by atoms with Crippen molar-refractivity contribution in [3.05, 3.63) is 6.33 Å². The maximum absolute atomic E-state index is 11.0. The van der Waals surface area contributed by atoms with Crippen LogP contribution in [0.5, 0.6) is 0 Å². The second kappa shape index (κ2) is 3.21. The maximum Gasteiger partial charge on any atom is 0.330 e. The first kappa shape index (κ1) is 8.51. The lowest BCUT2D eigenvalue weighted by Gasteiger charge is -2.07. The number of carbonyl (C=O) groups is 1. The monoisotopic (exact) mass is 170 g/mol. The normalized spacial score (nSPS) is 12.5. The summed E-state index contributed by atoms with van der Waals surface area (Å²) in [6.45, 7) is 1.65. The van der Waals surface area contributed by atoms with Gasteiger partial charge >= 0.3 is 5.97 Å². The first-order valence-corrected chi connectivity index (χ1v) is 3.39. The van der Waals surface area contributed by atoms with E-state index in [-0.39, 0.29) is 11.9 Å². The molecular formula is C6H10N4O2. The summed E-state index contributed by atoms with van der Waals surface area (Å²) in [6.07, 6.45) is 1.39. The van der Waals surface area contributed by atoms with E-state index in [0.29, 0.717) is 0 Å². The first-order valence-electron chi connectivity index (χ1n) is 3.39. The lowest BCUT2D eigenvalue weighted by molar-refractivity contribution is -0.144. The molecule has 0 aromatic carbocycles. The molecule has 0 spiro atoms. The van der Waals surface area contributed by atoms with Gasteiger partial charge in [-0.2, -0.15) is 0 Å². The highest BCUT2D eigenvalue weighted by Crippen LogP contribution is 2.05. The molecule has 1 aromatic heterocycles. The molecule has 6 heteroatoms. The average Bonchev–Trinajstić information content (AvgIpc) is 2.49. The SMILES string of the molecule is COC(=O)C(C)n1cnc(N)n1. The second-order valence-corrected chi connectivity index (χ2v) is 2.28. The van der Waals surface area contributed by atoms with Gasteiger partial charge in [-0.25, -0.2) is 14.5 Å². The van der Waals surface area contributed by atoms with E-state index >= 15 is 0 Å². The molecule has 66 valence electrons. The van der Waals surface area contributed by atoms with Crippen molar-refractivity contribution in [3.8, 4) is 0 Å². The summed E-state index contributed by atoms with van der Waals surface area (Å²) in [6, 6.07) is -0.486. The number of aromatic nitrogens is 3. The van der Waals surface area contributed by atoms with Crippen LogP contribution in [0.25, 0.3) is 0 Å². The standard InChI is InChI=1S/C6H10N4O2/c1-4(5(11)12-2)10-3-8-6(7)9-10/h3-4H,1-2H3,(H2,7,9). The molecule has 0 fully saturated rings. The highest BCUT2D eigenvalue weighted by Gasteiger charge is 2.15. The summed E-state index contributed by atoms with van der Waals surface area (Å²) in [4.78, 5) is 14.6. The van der Waals surface area contributed by atoms with Gasteiger partial charge in [-0.05, 0) is 6.92 Å². The Morgan fingerprint density at radius 3 is 2.92 bits per heavy atom. The third-order valence-electron chi connectivity index (χ3n) is 1.47. The fraction of sp³-hybridized carbons (Fsp3) is 0.500. The average molecular weight is 170 g/mol. The fourth-order valence-corrected chi connectivity index (χ4v) is 0.753. The van der Waals surface area contributed by atoms with Gasteiger partial charge in [0.1, 0.15) is 12.4 Å². The van der Waals surface area contributed by atoms with Crippen LogP contribution in [0.1, 0.15) is 13.0 Å². The van der Waals surface area contributed by atoms with E-state index in [9.17, 15) is 4.79 Å². The molecule has 0 saturated heterocycles. The van der Waals surface area contributed by atoms with Crippen molar-refractivity contribution < 1.29 is 9.53 Å². The third-order valence-corrected chi connectivity index (χ3v) is 1.47. The predicted molar refractivity (Wildman–Crippen MR) is 41.2 cm³/mol. The van der Waals surface area contributed by atoms with Crippen LogP contribution in [0.4, 0.5) is 5.95 Å². The summed E-state index contributed by atoms with van der Waals surface area (Å²) < 4.78 is 5.86. The quantitative estimate of drug-likeness (QED) is 0.610. The molecule has 6 nitrogen and oxygen atoms in total. The maximum atomic E-state index is 11.0. The lowest BCUT2D eigenvalue weighted by atomic mass is 10.4. The summed E-state index contributed by atoms with van der Waals surface area (Å²) >= 11 is 0. The largest absolute Gasteiger partial charge is 0.467 e. The van der Waals surface area contributed by atoms with Gasteiger partial charge in [0, 0.05) is 0 Å². The number of nitrogens with zero attached hydrogens (tertiary/aromatic N) is 3. The molecule has 0 radical (unpaired) electrons. The number of ether oxygens (including phenoxy) is 1. The Balaban J connectivity index is 2.77. The molecule has 1 atom stereocenters. The van der Waals surface area contributed by atoms with Crippen LogP contribution in [-0.2, 0) is 9.53 Å². The van der Waals surface area contributed by atoms with Crippen LogP contribution in [0.3, 0.4) is 0 Å². The Bertz CT molecular complexity index is 283. The minimum Gasteiger partial charge on any atom is -0.467 e. The number of hydrogen-bond donors (Lipinski definition) is 1. The number of hydrogen-bond acceptors (Lipinski definition) is 5. The Kier molecular flexibility index (Phi) is 2.27. The van der Waals surface area contributed by atoms with E-state index < -0.39 is 6.04 Å². The minimum absolute atomic E-state index is 0.144. The molecule has 0 aliphatic heterocycles. The van der Waals surface area contributed by atoms with Gasteiger partial charge in [-0.3, -0.25) is 0 Å². The molecule has 12 heavy (non-hydrogen) atoms. The number of anilines is 1. The van der Waals surface area contributed by atoms with Crippen LogP contribution in [0, 0.1) is 0 Å². The van der Waals surface area contributed by atoms with Crippen LogP contribution in [0.2, 0.25) is 0 Å². The van der Waals surface area contributed by atoms with Crippen molar-refractivity contribution in [2.75, 3.05) is 12.8 Å². The van der Waals surface area contributed by atoms with E-state index in [2.05, 4.69) is 14.8 Å². The topological polar surface area (TPSA) is 83.0 Å². The van der Waals surface area contributed by atoms with E-state index in [1.54, 1.807) is 6.92 Å². The number of rotatable bonds is 2. The van der Waals surface area contributed by atoms with Gasteiger partial charge < -0.3 is 10.5 Å². The summed E-state index contributed by atoms with van der Waals surface area (Å²) in [5, 5.41) is 3.76. The van der Waals surface area contributed by atoms with Gasteiger partial charge in [-0.15, -0.1) is 5.10 Å². The molecule has 0 bridgehead atoms. The van der Waals surface area contributed by atoms with Crippen LogP contribution >= 0.6 is 0 Å². The lowest BCUT2D eigenvalue weighted by Crippen LogP contribution is -2.18. The molecule has 1 heterocycles. The fourth-order valence-electron chi connectivity index (χ4n) is 0.753. The van der Waals surface area contributed by atoms with Gasteiger partial charge in [0.05, 0.1) is 7.11 Å². The van der Waals surface area contributed by atoms with Crippen molar-refractivity contribution in [2.45, 2.75) is 13.0 Å². The van der Waals surface area contributed by atoms with Crippen molar-refractivity contribution in [1.29, 1.82) is 0 Å². The summed E-state index contributed by atoms with van der Waals surface area (Å²) in [5.74, 6) is -0.231. The zero-order valence-electron chi connectivity index (χ0n) is 6.89. The molecule has 2 N–H and O–H groups in total. The van der Waals surface area contributed by atoms with E-state index in [1.165, 1.54) is 18.1 Å². The van der Waals surface area contributed by atoms with E-state index in [1.807, 2.05) is 0 Å². The van der Waals surface area contributed by atoms with Gasteiger partial charge in [-0.1, -0.05) is 0 Å². The predicted octanol–water partition coefficient (Wildman–Crippen LogP) is -0.406. The van der Waals surface area contributed by atoms with Crippen LogP contribution in [-0.4, -0.2) is 27.8 Å². The molecule has 1 unspecified atom stereocenters. The zero-order valence-corrected chi connectivity index (χ0v) is 6.89. The Hall–Kier alpha value is -1.59. The molecule has 0 aliphatic rings. The smallest absolute Gasteiger partial charge is 0.330 e. The second-order valence-electron chi connectivity index (χ2n) is 2.28. The van der Waals surface area contributed by atoms with Gasteiger partial charge in [0.2, 0.25) is 5.95 Å². The number of carbonyl (C=O) groups excluding carboxylic acids is 1.